The van der Waals surface area contributed by atoms with Crippen molar-refractivity contribution in [3.63, 3.8) is 0 Å². The summed E-state index contributed by atoms with van der Waals surface area (Å²) in [5.41, 5.74) is 3.98. The molecule has 7 heterocycles. The number of aromatic nitrogens is 3. The van der Waals surface area contributed by atoms with Crippen LogP contribution < -0.4 is 24.3 Å². The lowest BCUT2D eigenvalue weighted by Crippen LogP contribution is -2.50. The van der Waals surface area contributed by atoms with Crippen molar-refractivity contribution in [2.45, 2.75) is 56.3 Å². The maximum atomic E-state index is 6.06. The Labute approximate surface area is 210 Å². The predicted octanol–water partition coefficient (Wildman–Crippen LogP) is 3.07. The average Bonchev–Trinajstić information content (AvgIpc) is 3.43. The van der Waals surface area contributed by atoms with E-state index < -0.39 is 0 Å². The number of nitrogens with zero attached hydrogens (tertiary/aromatic N) is 4. The first kappa shape index (κ1) is 22.1. The highest BCUT2D eigenvalue weighted by atomic mass is 16.6. The molecule has 0 saturated carbocycles. The van der Waals surface area contributed by atoms with Crippen LogP contribution in [0.5, 0.6) is 23.1 Å². The van der Waals surface area contributed by atoms with Gasteiger partial charge >= 0.3 is 0 Å². The first-order valence-corrected chi connectivity index (χ1v) is 13.0. The van der Waals surface area contributed by atoms with Crippen molar-refractivity contribution >= 4 is 11.0 Å². The first-order valence-electron chi connectivity index (χ1n) is 13.0. The molecule has 2 saturated heterocycles. The second-order valence-electron chi connectivity index (χ2n) is 10.2. The van der Waals surface area contributed by atoms with Gasteiger partial charge in [-0.25, -0.2) is 4.98 Å². The van der Waals surface area contributed by atoms with Gasteiger partial charge in [0, 0.05) is 54.8 Å². The zero-order valence-electron chi connectivity index (χ0n) is 20.5. The molecule has 3 aromatic heterocycles. The lowest BCUT2D eigenvalue weighted by molar-refractivity contribution is 0.105. The van der Waals surface area contributed by atoms with Gasteiger partial charge in [-0.15, -0.1) is 0 Å². The van der Waals surface area contributed by atoms with Crippen LogP contribution in [0.15, 0.2) is 30.6 Å². The normalized spacial score (nSPS) is 26.6. The van der Waals surface area contributed by atoms with E-state index >= 15 is 0 Å². The number of fused-ring (bicyclic) bond motifs is 6. The molecule has 0 aromatic carbocycles. The molecule has 4 atom stereocenters. The van der Waals surface area contributed by atoms with Gasteiger partial charge in [0.1, 0.15) is 24.5 Å². The van der Waals surface area contributed by atoms with Crippen molar-refractivity contribution in [1.29, 1.82) is 0 Å². The van der Waals surface area contributed by atoms with E-state index in [9.17, 15) is 0 Å². The maximum absolute atomic E-state index is 6.06. The van der Waals surface area contributed by atoms with Gasteiger partial charge in [0.15, 0.2) is 11.5 Å². The van der Waals surface area contributed by atoms with E-state index in [1.165, 1.54) is 18.4 Å². The average molecular weight is 490 g/mol. The van der Waals surface area contributed by atoms with Gasteiger partial charge in [-0.05, 0) is 31.7 Å². The molecule has 3 aromatic rings. The summed E-state index contributed by atoms with van der Waals surface area (Å²) >= 11 is 0. The number of pyridine rings is 3. The molecule has 7 rings (SSSR count). The molecule has 2 bridgehead atoms. The van der Waals surface area contributed by atoms with E-state index in [1.54, 1.807) is 13.3 Å². The molecule has 0 aliphatic carbocycles. The van der Waals surface area contributed by atoms with Crippen LogP contribution >= 0.6 is 0 Å². The van der Waals surface area contributed by atoms with E-state index in [0.29, 0.717) is 49.7 Å². The number of ether oxygens (including phenoxy) is 4. The van der Waals surface area contributed by atoms with E-state index in [1.807, 2.05) is 24.4 Å². The van der Waals surface area contributed by atoms with Crippen LogP contribution in [0.25, 0.3) is 11.0 Å². The molecular formula is C27H31N5O4. The molecule has 0 spiro atoms. The van der Waals surface area contributed by atoms with Crippen LogP contribution in [0.2, 0.25) is 0 Å². The number of hydrogen-bond donors (Lipinski definition) is 1. The monoisotopic (exact) mass is 489 g/mol. The van der Waals surface area contributed by atoms with Gasteiger partial charge in [-0.1, -0.05) is 0 Å². The fourth-order valence-electron chi connectivity index (χ4n) is 6.42. The van der Waals surface area contributed by atoms with Gasteiger partial charge in [-0.2, -0.15) is 0 Å². The third kappa shape index (κ3) is 3.90. The van der Waals surface area contributed by atoms with E-state index in [-0.39, 0.29) is 0 Å². The minimum Gasteiger partial charge on any atom is -0.491 e. The van der Waals surface area contributed by atoms with Gasteiger partial charge in [0.05, 0.1) is 37.3 Å². The molecule has 9 nitrogen and oxygen atoms in total. The third-order valence-electron chi connectivity index (χ3n) is 8.12. The molecule has 36 heavy (non-hydrogen) atoms. The molecule has 9 heteroatoms. The molecule has 2 unspecified atom stereocenters. The Morgan fingerprint density at radius 3 is 2.64 bits per heavy atom. The Morgan fingerprint density at radius 1 is 1.00 bits per heavy atom. The Hall–Kier alpha value is -3.17. The van der Waals surface area contributed by atoms with Gasteiger partial charge in [-0.3, -0.25) is 14.9 Å². The van der Waals surface area contributed by atoms with E-state index in [4.69, 9.17) is 23.9 Å². The second-order valence-corrected chi connectivity index (χ2v) is 10.2. The predicted molar refractivity (Wildman–Crippen MR) is 133 cm³/mol. The van der Waals surface area contributed by atoms with Gasteiger partial charge in [0.2, 0.25) is 5.88 Å². The summed E-state index contributed by atoms with van der Waals surface area (Å²) in [6.07, 6.45) is 8.46. The van der Waals surface area contributed by atoms with E-state index in [0.717, 1.165) is 59.9 Å². The standard InChI is InChI=1S/C27H31N5O4/c1-33-25-5-4-21-27(31-25)26-16(15-36-24(26)13-30-21)14-32-19-2-3-20(32)9-17(8-19)28-11-18-10-22-23(12-29-18)35-7-6-34-22/h4-5,10,12-13,16-17,19-20,28H,2-3,6-9,11,14-15H2,1H3/t16?,17?,19-,20+. The number of nitrogens with one attached hydrogen (secondary N) is 1. The van der Waals surface area contributed by atoms with Crippen molar-refractivity contribution in [2.75, 3.05) is 33.5 Å². The van der Waals surface area contributed by atoms with Crippen LogP contribution in [0, 0.1) is 0 Å². The molecule has 4 aliphatic rings. The van der Waals surface area contributed by atoms with Crippen LogP contribution in [0.4, 0.5) is 0 Å². The third-order valence-corrected chi connectivity index (χ3v) is 8.12. The number of methoxy groups -OCH3 is 1. The topological polar surface area (TPSA) is 90.9 Å². The second kappa shape index (κ2) is 9.05. The fourth-order valence-corrected chi connectivity index (χ4v) is 6.42. The van der Waals surface area contributed by atoms with Crippen molar-refractivity contribution in [1.82, 2.24) is 25.2 Å². The summed E-state index contributed by atoms with van der Waals surface area (Å²) in [5, 5.41) is 3.77. The van der Waals surface area contributed by atoms with Gasteiger partial charge < -0.3 is 24.3 Å². The number of rotatable bonds is 6. The zero-order valence-corrected chi connectivity index (χ0v) is 20.5. The van der Waals surface area contributed by atoms with Crippen molar-refractivity contribution in [3.8, 4) is 23.1 Å². The number of piperidine rings is 1. The zero-order chi connectivity index (χ0) is 24.1. The lowest BCUT2D eigenvalue weighted by atomic mass is 9.93. The highest BCUT2D eigenvalue weighted by molar-refractivity contribution is 5.81. The number of hydrogen-bond acceptors (Lipinski definition) is 9. The van der Waals surface area contributed by atoms with Crippen LogP contribution in [-0.4, -0.2) is 71.5 Å². The van der Waals surface area contributed by atoms with Crippen molar-refractivity contribution in [3.05, 3.63) is 41.9 Å². The molecule has 0 radical (unpaired) electrons. The summed E-state index contributed by atoms with van der Waals surface area (Å²) in [7, 11) is 1.65. The SMILES string of the molecule is COc1ccc2ncc3c(c2n1)C(CN1[C@@H]2CC[C@H]1CC(NCc1cc4c(cn1)OCCO4)C2)CO3. The lowest BCUT2D eigenvalue weighted by Gasteiger charge is -2.40. The summed E-state index contributed by atoms with van der Waals surface area (Å²) in [6.45, 7) is 3.61. The van der Waals surface area contributed by atoms with E-state index in [2.05, 4.69) is 20.2 Å². The van der Waals surface area contributed by atoms with Crippen LogP contribution in [0.3, 0.4) is 0 Å². The largest absolute Gasteiger partial charge is 0.491 e. The Kier molecular flexibility index (Phi) is 5.54. The Balaban J connectivity index is 1.03. The minimum atomic E-state index is 0.291. The first-order chi connectivity index (χ1) is 17.7. The highest BCUT2D eigenvalue weighted by Gasteiger charge is 2.42. The summed E-state index contributed by atoms with van der Waals surface area (Å²) in [5.74, 6) is 3.31. The van der Waals surface area contributed by atoms with Crippen LogP contribution in [0.1, 0.15) is 42.9 Å². The smallest absolute Gasteiger partial charge is 0.213 e. The molecule has 0 amide bonds. The van der Waals surface area contributed by atoms with Crippen molar-refractivity contribution < 1.29 is 18.9 Å². The molecule has 1 N–H and O–H groups in total. The summed E-state index contributed by atoms with van der Waals surface area (Å²) < 4.78 is 22.8. The molecule has 2 fully saturated rings. The molecule has 4 aliphatic heterocycles. The molecule has 188 valence electrons. The maximum Gasteiger partial charge on any atom is 0.213 e. The Morgan fingerprint density at radius 2 is 1.81 bits per heavy atom. The van der Waals surface area contributed by atoms with Crippen molar-refractivity contribution in [2.24, 2.45) is 0 Å². The fraction of sp³-hybridized carbons (Fsp3) is 0.519. The Bertz CT molecular complexity index is 1270. The quantitative estimate of drug-likeness (QED) is 0.561. The van der Waals surface area contributed by atoms with Gasteiger partial charge in [0.25, 0.3) is 0 Å². The summed E-state index contributed by atoms with van der Waals surface area (Å²) in [4.78, 5) is 16.6. The van der Waals surface area contributed by atoms with Crippen LogP contribution in [-0.2, 0) is 6.54 Å². The molecular weight excluding hydrogens is 458 g/mol. The minimum absolute atomic E-state index is 0.291. The highest BCUT2D eigenvalue weighted by Crippen LogP contribution is 2.42. The summed E-state index contributed by atoms with van der Waals surface area (Å²) in [6, 6.07) is 7.53.